The van der Waals surface area contributed by atoms with E-state index in [2.05, 4.69) is 26.6 Å². The molecule has 9 heteroatoms. The average Bonchev–Trinajstić information content (AvgIpc) is 3.46. The fourth-order valence-electron chi connectivity index (χ4n) is 3.75. The molecule has 1 N–H and O–H groups in total. The Morgan fingerprint density at radius 3 is 3.17 bits per heavy atom. The summed E-state index contributed by atoms with van der Waals surface area (Å²) in [4.78, 5) is 19.1. The summed E-state index contributed by atoms with van der Waals surface area (Å²) in [6, 6.07) is 6.02. The Morgan fingerprint density at radius 2 is 2.31 bits per heavy atom. The maximum Gasteiger partial charge on any atom is 0.270 e. The Morgan fingerprint density at radius 1 is 1.41 bits per heavy atom. The third-order valence-electron chi connectivity index (χ3n) is 5.07. The van der Waals surface area contributed by atoms with Gasteiger partial charge in [0.05, 0.1) is 12.2 Å². The molecule has 0 aliphatic heterocycles. The van der Waals surface area contributed by atoms with Gasteiger partial charge in [-0.1, -0.05) is 6.07 Å². The van der Waals surface area contributed by atoms with Crippen molar-refractivity contribution in [1.29, 1.82) is 0 Å². The zero-order valence-corrected chi connectivity index (χ0v) is 16.8. The van der Waals surface area contributed by atoms with Crippen LogP contribution in [0.5, 0.6) is 0 Å². The van der Waals surface area contributed by atoms with Crippen LogP contribution in [0.25, 0.3) is 16.4 Å². The van der Waals surface area contributed by atoms with Crippen molar-refractivity contribution < 1.29 is 13.9 Å². The average molecular weight is 409 g/mol. The summed E-state index contributed by atoms with van der Waals surface area (Å²) in [5.74, 6) is 0.809. The summed E-state index contributed by atoms with van der Waals surface area (Å²) in [6.07, 6.45) is 5.31. The minimum atomic E-state index is -0.113. The maximum atomic E-state index is 12.8. The first kappa shape index (κ1) is 18.0. The second kappa shape index (κ2) is 7.09. The monoisotopic (exact) mass is 409 g/mol. The molecule has 0 saturated heterocycles. The van der Waals surface area contributed by atoms with Crippen LogP contribution in [-0.2, 0) is 17.8 Å². The number of nitrogens with zero attached hydrogens (tertiary/aromatic N) is 4. The summed E-state index contributed by atoms with van der Waals surface area (Å²) < 4.78 is 12.5. The molecule has 3 heterocycles. The minimum absolute atomic E-state index is 0.0245. The first-order valence-electron chi connectivity index (χ1n) is 9.31. The molecule has 4 aromatic rings. The molecule has 1 aromatic carbocycles. The topological polar surface area (TPSA) is 94.6 Å². The Balaban J connectivity index is 1.36. The van der Waals surface area contributed by atoms with Gasteiger partial charge in [-0.25, -0.2) is 4.98 Å². The van der Waals surface area contributed by atoms with Gasteiger partial charge in [0.15, 0.2) is 4.96 Å². The van der Waals surface area contributed by atoms with Gasteiger partial charge < -0.3 is 14.5 Å². The maximum absolute atomic E-state index is 12.8. The van der Waals surface area contributed by atoms with Gasteiger partial charge in [0, 0.05) is 23.7 Å². The number of amides is 1. The van der Waals surface area contributed by atoms with Gasteiger partial charge in [-0.3, -0.25) is 9.20 Å². The molecule has 0 fully saturated rings. The Bertz CT molecular complexity index is 1210. The van der Waals surface area contributed by atoms with Crippen molar-refractivity contribution in [3.05, 3.63) is 58.2 Å². The predicted octanol–water partition coefficient (Wildman–Crippen LogP) is 3.32. The van der Waals surface area contributed by atoms with E-state index < -0.39 is 0 Å². The third kappa shape index (κ3) is 3.22. The number of hydrogen-bond donors (Lipinski definition) is 1. The number of carbonyl (C=O) groups is 1. The van der Waals surface area contributed by atoms with Crippen LogP contribution in [-0.4, -0.2) is 32.6 Å². The molecule has 3 aromatic heterocycles. The fourth-order valence-corrected chi connectivity index (χ4v) is 4.55. The number of benzene rings is 1. The number of aromatic nitrogens is 4. The molecule has 0 saturated carbocycles. The molecular formula is C20H19N5O3S. The molecule has 29 heavy (non-hydrogen) atoms. The number of imidazole rings is 1. The van der Waals surface area contributed by atoms with Crippen LogP contribution in [0.1, 0.15) is 44.8 Å². The summed E-state index contributed by atoms with van der Waals surface area (Å²) in [5, 5.41) is 11.2. The highest BCUT2D eigenvalue weighted by Crippen LogP contribution is 2.34. The number of carbonyl (C=O) groups excluding carboxylic acids is 1. The normalized spacial score (nSPS) is 15.7. The van der Waals surface area contributed by atoms with Crippen molar-refractivity contribution in [2.45, 2.75) is 32.4 Å². The second-order valence-corrected chi connectivity index (χ2v) is 8.26. The highest BCUT2D eigenvalue weighted by molar-refractivity contribution is 7.17. The quantitative estimate of drug-likeness (QED) is 0.543. The van der Waals surface area contributed by atoms with Crippen molar-refractivity contribution in [1.82, 2.24) is 24.9 Å². The smallest absolute Gasteiger partial charge is 0.270 e. The number of fused-ring (bicyclic) bond motifs is 2. The fraction of sp³-hybridized carbons (Fsp3) is 0.300. The van der Waals surface area contributed by atoms with E-state index in [1.54, 1.807) is 24.6 Å². The van der Waals surface area contributed by atoms with E-state index in [9.17, 15) is 4.79 Å². The number of thiazole rings is 1. The van der Waals surface area contributed by atoms with Gasteiger partial charge in [-0.2, -0.15) is 0 Å². The Kier molecular flexibility index (Phi) is 4.40. The lowest BCUT2D eigenvalue weighted by molar-refractivity contribution is 0.0931. The van der Waals surface area contributed by atoms with Crippen molar-refractivity contribution in [2.75, 3.05) is 7.11 Å². The molecule has 148 valence electrons. The molecular weight excluding hydrogens is 390 g/mol. The minimum Gasteiger partial charge on any atom is -0.418 e. The van der Waals surface area contributed by atoms with Crippen LogP contribution < -0.4 is 5.32 Å². The summed E-state index contributed by atoms with van der Waals surface area (Å²) in [5.41, 5.74) is 3.74. The van der Waals surface area contributed by atoms with Crippen LogP contribution in [0.4, 0.5) is 0 Å². The van der Waals surface area contributed by atoms with Gasteiger partial charge >= 0.3 is 0 Å². The van der Waals surface area contributed by atoms with Gasteiger partial charge in [0.1, 0.15) is 12.3 Å². The number of rotatable bonds is 5. The zero-order chi connectivity index (χ0) is 20.0. The molecule has 0 radical (unpaired) electrons. The third-order valence-corrected chi connectivity index (χ3v) is 5.98. The lowest BCUT2D eigenvalue weighted by Crippen LogP contribution is -2.28. The molecule has 5 rings (SSSR count). The van der Waals surface area contributed by atoms with Crippen LogP contribution in [0.2, 0.25) is 0 Å². The number of nitrogens with one attached hydrogen (secondary N) is 1. The standard InChI is InChI=1S/C20H19N5O3S/c1-11-9-25-16(8-21-20(25)29-11)18(26)22-15-6-4-12-7-13(3-5-14(12)15)19-24-23-17(28-19)10-27-2/h3,5,7-9,15H,4,6,10H2,1-2H3,(H,22,26)/t15-/m1/s1. The van der Waals surface area contributed by atoms with Crippen molar-refractivity contribution in [2.24, 2.45) is 0 Å². The van der Waals surface area contributed by atoms with E-state index in [1.807, 2.05) is 29.7 Å². The molecule has 1 atom stereocenters. The van der Waals surface area contributed by atoms with E-state index in [-0.39, 0.29) is 18.6 Å². The predicted molar refractivity (Wildman–Crippen MR) is 107 cm³/mol. The summed E-state index contributed by atoms with van der Waals surface area (Å²) >= 11 is 1.57. The van der Waals surface area contributed by atoms with Gasteiger partial charge in [0.25, 0.3) is 5.91 Å². The highest BCUT2D eigenvalue weighted by Gasteiger charge is 2.26. The lowest BCUT2D eigenvalue weighted by Gasteiger charge is -2.14. The van der Waals surface area contributed by atoms with Crippen LogP contribution >= 0.6 is 11.3 Å². The molecule has 1 amide bonds. The molecule has 0 spiro atoms. The number of aryl methyl sites for hydroxylation is 2. The van der Waals surface area contributed by atoms with E-state index in [0.717, 1.165) is 33.8 Å². The van der Waals surface area contributed by atoms with Crippen molar-refractivity contribution >= 4 is 22.2 Å². The van der Waals surface area contributed by atoms with Crippen molar-refractivity contribution in [3.63, 3.8) is 0 Å². The zero-order valence-electron chi connectivity index (χ0n) is 16.0. The van der Waals surface area contributed by atoms with Crippen molar-refractivity contribution in [3.8, 4) is 11.5 Å². The summed E-state index contributed by atoms with van der Waals surface area (Å²) in [6.45, 7) is 2.30. The molecule has 0 unspecified atom stereocenters. The SMILES string of the molecule is COCc1nnc(-c2ccc3c(c2)CC[C@H]3NC(=O)c2cnc3sc(C)cn23)o1. The van der Waals surface area contributed by atoms with E-state index in [1.165, 1.54) is 5.56 Å². The van der Waals surface area contributed by atoms with Crippen LogP contribution in [0, 0.1) is 6.92 Å². The Hall–Kier alpha value is -3.04. The lowest BCUT2D eigenvalue weighted by atomic mass is 10.0. The van der Waals surface area contributed by atoms with Gasteiger partial charge in [-0.15, -0.1) is 21.5 Å². The van der Waals surface area contributed by atoms with E-state index >= 15 is 0 Å². The Labute approximate surface area is 170 Å². The van der Waals surface area contributed by atoms with Gasteiger partial charge in [-0.05, 0) is 43.0 Å². The highest BCUT2D eigenvalue weighted by atomic mass is 32.1. The molecule has 8 nitrogen and oxygen atoms in total. The van der Waals surface area contributed by atoms with E-state index in [0.29, 0.717) is 17.5 Å². The molecule has 1 aliphatic carbocycles. The summed E-state index contributed by atoms with van der Waals surface area (Å²) in [7, 11) is 1.59. The second-order valence-electron chi connectivity index (χ2n) is 7.05. The molecule has 0 bridgehead atoms. The number of hydrogen-bond acceptors (Lipinski definition) is 7. The molecule has 1 aliphatic rings. The van der Waals surface area contributed by atoms with Crippen LogP contribution in [0.3, 0.4) is 0 Å². The van der Waals surface area contributed by atoms with Gasteiger partial charge in [0.2, 0.25) is 11.8 Å². The largest absolute Gasteiger partial charge is 0.418 e. The first-order valence-corrected chi connectivity index (χ1v) is 10.1. The van der Waals surface area contributed by atoms with Crippen LogP contribution in [0.15, 0.2) is 35.0 Å². The number of methoxy groups -OCH3 is 1. The number of ether oxygens (including phenoxy) is 1. The van der Waals surface area contributed by atoms with E-state index in [4.69, 9.17) is 9.15 Å². The first-order chi connectivity index (χ1) is 14.1.